The number of rotatable bonds is 13. The van der Waals surface area contributed by atoms with Crippen molar-refractivity contribution in [3.8, 4) is 11.6 Å². The van der Waals surface area contributed by atoms with E-state index in [1.807, 2.05) is 93.8 Å². The van der Waals surface area contributed by atoms with Crippen LogP contribution in [0.4, 0.5) is 10.2 Å². The molecule has 3 aliphatic carbocycles. The fraction of sp³-hybridized carbons (Fsp3) is 0.465. The van der Waals surface area contributed by atoms with E-state index in [4.69, 9.17) is 18.7 Å². The summed E-state index contributed by atoms with van der Waals surface area (Å²) in [4.78, 5) is 55.3. The summed E-state index contributed by atoms with van der Waals surface area (Å²) < 4.78 is 40.9. The summed E-state index contributed by atoms with van der Waals surface area (Å²) in [5.74, 6) is -5.03. The number of carbonyl (C=O) groups is 3. The lowest BCUT2D eigenvalue weighted by Crippen LogP contribution is -2.67. The van der Waals surface area contributed by atoms with Crippen molar-refractivity contribution in [1.29, 1.82) is 0 Å². The van der Waals surface area contributed by atoms with Crippen LogP contribution in [-0.2, 0) is 29.2 Å². The number of anilines is 1. The average Bonchev–Trinajstić information content (AvgIpc) is 3.57. The van der Waals surface area contributed by atoms with Crippen molar-refractivity contribution in [1.82, 2.24) is 19.9 Å². The summed E-state index contributed by atoms with van der Waals surface area (Å²) in [6, 6.07) is 18.2. The molecule has 13 heteroatoms. The Kier molecular flexibility index (Phi) is 10.6. The minimum absolute atomic E-state index is 0.0135. The van der Waals surface area contributed by atoms with Gasteiger partial charge in [-0.05, 0) is 68.6 Å². The van der Waals surface area contributed by atoms with Crippen LogP contribution in [0.25, 0.3) is 0 Å². The number of benzene rings is 2. The molecule has 0 N–H and O–H groups in total. The van der Waals surface area contributed by atoms with Crippen LogP contribution in [0.3, 0.4) is 0 Å². The Hall–Kier alpha value is -4.98. The molecule has 2 aromatic heterocycles. The molecule has 0 spiro atoms. The Labute approximate surface area is 326 Å². The SMILES string of the molecule is COC12C(=O)c3c(OCc4ccccc4)noc3C(N(C)C)C1CC1Cc3c(F)nc(N(C)CC(C)(C)CN(C)C)c(OCc4ccccc4)c3C(=O)C1C2=O. The molecule has 0 aliphatic heterocycles. The second-order valence-corrected chi connectivity index (χ2v) is 16.6. The van der Waals surface area contributed by atoms with E-state index in [2.05, 4.69) is 28.9 Å². The first kappa shape index (κ1) is 39.3. The van der Waals surface area contributed by atoms with Gasteiger partial charge in [-0.25, -0.2) is 0 Å². The number of ether oxygens (including phenoxy) is 3. The van der Waals surface area contributed by atoms with Crippen molar-refractivity contribution in [2.45, 2.75) is 51.5 Å². The molecule has 3 aliphatic rings. The van der Waals surface area contributed by atoms with Gasteiger partial charge >= 0.3 is 0 Å². The number of methoxy groups -OCH3 is 1. The summed E-state index contributed by atoms with van der Waals surface area (Å²) in [5, 5.41) is 4.16. The second-order valence-electron chi connectivity index (χ2n) is 16.6. The van der Waals surface area contributed by atoms with Crippen molar-refractivity contribution in [2.24, 2.45) is 23.2 Å². The van der Waals surface area contributed by atoms with Gasteiger partial charge < -0.3 is 28.5 Å². The van der Waals surface area contributed by atoms with E-state index in [0.717, 1.165) is 17.7 Å². The molecule has 2 heterocycles. The zero-order valence-electron chi connectivity index (χ0n) is 33.3. The number of ketones is 3. The van der Waals surface area contributed by atoms with Gasteiger partial charge in [0.1, 0.15) is 18.8 Å². The van der Waals surface area contributed by atoms with Crippen molar-refractivity contribution in [3.63, 3.8) is 0 Å². The van der Waals surface area contributed by atoms with E-state index in [1.54, 1.807) is 11.9 Å². The monoisotopic (exact) mass is 767 g/mol. The lowest BCUT2D eigenvalue weighted by atomic mass is 9.54. The summed E-state index contributed by atoms with van der Waals surface area (Å²) in [6.07, 6.45) is 0.220. The molecule has 56 heavy (non-hydrogen) atoms. The Balaban J connectivity index is 1.31. The maximum absolute atomic E-state index is 16.5. The molecular weight excluding hydrogens is 717 g/mol. The van der Waals surface area contributed by atoms with Gasteiger partial charge in [-0.1, -0.05) is 74.5 Å². The molecule has 1 saturated carbocycles. The van der Waals surface area contributed by atoms with Gasteiger partial charge in [0.2, 0.25) is 11.7 Å². The topological polar surface area (TPSA) is 128 Å². The van der Waals surface area contributed by atoms with E-state index in [1.165, 1.54) is 7.11 Å². The molecule has 1 fully saturated rings. The van der Waals surface area contributed by atoms with Crippen molar-refractivity contribution in [3.05, 3.63) is 100 Å². The second kappa shape index (κ2) is 15.2. The third-order valence-electron chi connectivity index (χ3n) is 11.4. The molecule has 296 valence electrons. The molecule has 4 aromatic rings. The molecular formula is C43H50FN5O7. The van der Waals surface area contributed by atoms with Crippen LogP contribution in [0, 0.1) is 29.1 Å². The van der Waals surface area contributed by atoms with Gasteiger partial charge in [-0.3, -0.25) is 19.3 Å². The smallest absolute Gasteiger partial charge is 0.265 e. The maximum Gasteiger partial charge on any atom is 0.265 e. The van der Waals surface area contributed by atoms with Gasteiger partial charge in [0.15, 0.2) is 34.5 Å². The molecule has 0 amide bonds. The Morgan fingerprint density at radius 2 is 1.52 bits per heavy atom. The molecule has 7 rings (SSSR count). The van der Waals surface area contributed by atoms with Crippen LogP contribution in [0.15, 0.2) is 65.2 Å². The fourth-order valence-electron chi connectivity index (χ4n) is 9.43. The normalized spacial score (nSPS) is 23.1. The van der Waals surface area contributed by atoms with Gasteiger partial charge in [0.25, 0.3) is 5.88 Å². The minimum atomic E-state index is -2.07. The predicted octanol–water partition coefficient (Wildman–Crippen LogP) is 5.84. The highest BCUT2D eigenvalue weighted by atomic mass is 19.1. The number of fused-ring (bicyclic) bond motifs is 4. The number of halogens is 1. The van der Waals surface area contributed by atoms with Gasteiger partial charge in [-0.15, -0.1) is 0 Å². The number of Topliss-reactive ketones (excluding diaryl/α,β-unsaturated/α-hetero) is 3. The quantitative estimate of drug-likeness (QED) is 0.120. The number of hydrogen-bond acceptors (Lipinski definition) is 12. The summed E-state index contributed by atoms with van der Waals surface area (Å²) in [7, 11) is 10.7. The summed E-state index contributed by atoms with van der Waals surface area (Å²) >= 11 is 0. The molecule has 0 radical (unpaired) electrons. The number of nitrogens with zero attached hydrogens (tertiary/aromatic N) is 5. The van der Waals surface area contributed by atoms with E-state index >= 15 is 14.0 Å². The largest absolute Gasteiger partial charge is 0.484 e. The number of hydrogen-bond donors (Lipinski definition) is 0. The van der Waals surface area contributed by atoms with E-state index < -0.39 is 52.7 Å². The zero-order valence-corrected chi connectivity index (χ0v) is 33.3. The first-order chi connectivity index (χ1) is 26.7. The highest BCUT2D eigenvalue weighted by Crippen LogP contribution is 2.57. The highest BCUT2D eigenvalue weighted by Gasteiger charge is 2.68. The molecule has 5 unspecified atom stereocenters. The van der Waals surface area contributed by atoms with E-state index in [9.17, 15) is 4.79 Å². The Morgan fingerprint density at radius 3 is 2.11 bits per heavy atom. The van der Waals surface area contributed by atoms with Crippen LogP contribution in [0.1, 0.15) is 69.5 Å². The lowest BCUT2D eigenvalue weighted by molar-refractivity contribution is -0.159. The minimum Gasteiger partial charge on any atom is -0.484 e. The maximum atomic E-state index is 16.5. The third kappa shape index (κ3) is 6.79. The number of carbonyl (C=O) groups excluding carboxylic acids is 3. The first-order valence-corrected chi connectivity index (χ1v) is 18.9. The number of pyridine rings is 1. The predicted molar refractivity (Wildman–Crippen MR) is 206 cm³/mol. The summed E-state index contributed by atoms with van der Waals surface area (Å²) in [5.41, 5.74) is -0.560. The van der Waals surface area contributed by atoms with Crippen LogP contribution in [-0.4, -0.2) is 98.3 Å². The van der Waals surface area contributed by atoms with Crippen molar-refractivity contribution < 1.29 is 37.5 Å². The van der Waals surface area contributed by atoms with E-state index in [-0.39, 0.29) is 71.4 Å². The number of aromatic nitrogens is 2. The fourth-order valence-corrected chi connectivity index (χ4v) is 9.43. The van der Waals surface area contributed by atoms with Crippen LogP contribution in [0.2, 0.25) is 0 Å². The third-order valence-corrected chi connectivity index (χ3v) is 11.4. The summed E-state index contributed by atoms with van der Waals surface area (Å²) in [6.45, 7) is 5.57. The molecule has 0 saturated heterocycles. The van der Waals surface area contributed by atoms with Crippen molar-refractivity contribution >= 4 is 23.2 Å². The van der Waals surface area contributed by atoms with E-state index in [0.29, 0.717) is 6.54 Å². The van der Waals surface area contributed by atoms with Crippen LogP contribution >= 0.6 is 0 Å². The first-order valence-electron chi connectivity index (χ1n) is 18.9. The standard InChI is InChI=1S/C43H50FN5O7/c1-42(2,23-47(3)4)24-49(7)40-36(54-21-25-15-11-9-12-16-25)31-28(39(44)45-40)19-27-20-29-33(48(5)6)35-32(38(52)43(29,53-8)37(51)30(27)34(31)50)41(46-56-35)55-22-26-17-13-10-14-18-26/h9-18,27,29-30,33H,19-24H2,1-8H3. The molecule has 0 bridgehead atoms. The van der Waals surface area contributed by atoms with Gasteiger partial charge in [0.05, 0.1) is 17.5 Å². The van der Waals surface area contributed by atoms with Crippen LogP contribution < -0.4 is 14.4 Å². The highest BCUT2D eigenvalue weighted by molar-refractivity contribution is 6.27. The van der Waals surface area contributed by atoms with Gasteiger partial charge in [-0.2, -0.15) is 9.37 Å². The van der Waals surface area contributed by atoms with Crippen molar-refractivity contribution in [2.75, 3.05) is 60.3 Å². The Bertz CT molecular complexity index is 2120. The zero-order chi connectivity index (χ0) is 40.1. The molecule has 12 nitrogen and oxygen atoms in total. The average molecular weight is 768 g/mol. The van der Waals surface area contributed by atoms with Gasteiger partial charge in [0, 0.05) is 38.7 Å². The molecule has 2 aromatic carbocycles. The lowest BCUT2D eigenvalue weighted by Gasteiger charge is -2.52. The van der Waals surface area contributed by atoms with Crippen LogP contribution in [0.5, 0.6) is 11.6 Å². The molecule has 5 atom stereocenters. The Morgan fingerprint density at radius 1 is 0.893 bits per heavy atom.